The molecule has 1 aromatic heterocycles. The van der Waals surface area contributed by atoms with E-state index in [2.05, 4.69) is 18.2 Å². The monoisotopic (exact) mass is 144 g/mol. The third kappa shape index (κ3) is 1.18. The van der Waals surface area contributed by atoms with E-state index in [1.165, 1.54) is 11.5 Å². The van der Waals surface area contributed by atoms with Crippen molar-refractivity contribution in [1.82, 2.24) is 4.37 Å². The van der Waals surface area contributed by atoms with Crippen LogP contribution in [0.3, 0.4) is 0 Å². The first-order valence-electron chi connectivity index (χ1n) is 2.83. The van der Waals surface area contributed by atoms with E-state index in [0.717, 1.165) is 5.01 Å². The molecule has 0 saturated carbocycles. The summed E-state index contributed by atoms with van der Waals surface area (Å²) in [7, 11) is 0. The Hall–Kier alpha value is -0.640. The molecule has 0 fully saturated rings. The largest absolute Gasteiger partial charge is 0.325 e. The van der Waals surface area contributed by atoms with Gasteiger partial charge in [0, 0.05) is 10.3 Å². The van der Waals surface area contributed by atoms with Crippen LogP contribution >= 0.6 is 11.5 Å². The van der Waals surface area contributed by atoms with E-state index in [-0.39, 0.29) is 0 Å². The molecule has 0 bridgehead atoms. The molecule has 2 N–H and O–H groups in total. The van der Waals surface area contributed by atoms with Gasteiger partial charge in [0.1, 0.15) is 11.5 Å². The van der Waals surface area contributed by atoms with Crippen LogP contribution in [0.2, 0.25) is 0 Å². The topological polar surface area (TPSA) is 42.8 Å². The molecule has 0 radical (unpaired) electrons. The van der Waals surface area contributed by atoms with Gasteiger partial charge in [0.05, 0.1) is 0 Å². The minimum absolute atomic E-state index is 0.475. The lowest BCUT2D eigenvalue weighted by Crippen LogP contribution is -2.45. The fraction of sp³-hybridized carbons (Fsp3) is 0.600. The predicted octanol–water partition coefficient (Wildman–Crippen LogP) is 0.268. The first-order valence-corrected chi connectivity index (χ1v) is 3.60. The van der Waals surface area contributed by atoms with Gasteiger partial charge in [-0.2, -0.15) is 0 Å². The van der Waals surface area contributed by atoms with Crippen molar-refractivity contribution in [3.63, 3.8) is 0 Å². The fourth-order valence-corrected chi connectivity index (χ4v) is 1.24. The highest BCUT2D eigenvalue weighted by Crippen LogP contribution is 2.10. The average molecular weight is 144 g/mol. The van der Waals surface area contributed by atoms with Gasteiger partial charge in [-0.05, 0) is 0 Å². The molecule has 1 aromatic rings. The van der Waals surface area contributed by atoms with E-state index in [1.807, 2.05) is 0 Å². The van der Waals surface area contributed by atoms with Crippen LogP contribution in [-0.2, 0) is 0 Å². The van der Waals surface area contributed by atoms with Gasteiger partial charge < -0.3 is 0 Å². The lowest BCUT2D eigenvalue weighted by Gasteiger charge is -1.93. The number of rotatable bonds is 1. The van der Waals surface area contributed by atoms with Crippen molar-refractivity contribution < 1.29 is 4.68 Å². The Kier molecular flexibility index (Phi) is 1.66. The minimum atomic E-state index is 0.475. The third-order valence-electron chi connectivity index (χ3n) is 1.07. The Labute approximate surface area is 58.3 Å². The second kappa shape index (κ2) is 2.31. The lowest BCUT2D eigenvalue weighted by atomic mass is 10.2. The molecule has 4 heteroatoms. The normalized spacial score (nSPS) is 10.6. The average Bonchev–Trinajstić information content (AvgIpc) is 2.13. The molecule has 0 amide bonds. The van der Waals surface area contributed by atoms with Crippen LogP contribution in [0.25, 0.3) is 0 Å². The number of hydrogen-bond acceptors (Lipinski definition) is 3. The zero-order chi connectivity index (χ0) is 6.85. The molecule has 0 aliphatic carbocycles. The Morgan fingerprint density at radius 2 is 2.44 bits per heavy atom. The maximum absolute atomic E-state index is 5.51. The Morgan fingerprint density at radius 1 is 1.78 bits per heavy atom. The van der Waals surface area contributed by atoms with Crippen molar-refractivity contribution in [1.29, 1.82) is 0 Å². The molecule has 1 heterocycles. The van der Waals surface area contributed by atoms with Crippen molar-refractivity contribution in [3.05, 3.63) is 11.3 Å². The maximum atomic E-state index is 5.51. The van der Waals surface area contributed by atoms with Gasteiger partial charge in [-0.1, -0.05) is 13.8 Å². The summed E-state index contributed by atoms with van der Waals surface area (Å²) in [4.78, 5) is 0. The van der Waals surface area contributed by atoms with Crippen LogP contribution in [-0.4, -0.2) is 4.37 Å². The minimum Gasteiger partial charge on any atom is -0.268 e. The molecule has 0 aliphatic heterocycles. The fourth-order valence-electron chi connectivity index (χ4n) is 0.636. The van der Waals surface area contributed by atoms with E-state index in [1.54, 1.807) is 11.0 Å². The summed E-state index contributed by atoms with van der Waals surface area (Å²) in [5.41, 5.74) is 0. The van der Waals surface area contributed by atoms with Crippen molar-refractivity contribution in [3.8, 4) is 0 Å². The first kappa shape index (κ1) is 6.48. The summed E-state index contributed by atoms with van der Waals surface area (Å²) < 4.78 is 5.49. The smallest absolute Gasteiger partial charge is 0.268 e. The predicted molar refractivity (Wildman–Crippen MR) is 36.5 cm³/mol. The Balaban J connectivity index is 2.94. The molecule has 0 saturated heterocycles. The van der Waals surface area contributed by atoms with Crippen LogP contribution in [0.4, 0.5) is 0 Å². The van der Waals surface area contributed by atoms with Crippen LogP contribution in [0.1, 0.15) is 24.8 Å². The Morgan fingerprint density at radius 3 is 2.67 bits per heavy atom. The second-order valence-electron chi connectivity index (χ2n) is 2.21. The first-order chi connectivity index (χ1) is 4.22. The molecule has 3 nitrogen and oxygen atoms in total. The van der Waals surface area contributed by atoms with Gasteiger partial charge in [0.2, 0.25) is 5.01 Å². The van der Waals surface area contributed by atoms with Crippen LogP contribution in [0.15, 0.2) is 6.33 Å². The molecule has 0 aliphatic rings. The maximum Gasteiger partial charge on any atom is 0.325 e. The van der Waals surface area contributed by atoms with Crippen LogP contribution < -0.4 is 10.5 Å². The standard InChI is InChI=1S/C5H10N3S/c1-4(2)5-8(6)3-7-9-5/h3-4H,6H2,1-2H3/q+1. The summed E-state index contributed by atoms with van der Waals surface area (Å²) >= 11 is 1.45. The highest BCUT2D eigenvalue weighted by atomic mass is 32.1. The van der Waals surface area contributed by atoms with Gasteiger partial charge in [0.15, 0.2) is 0 Å². The molecular weight excluding hydrogens is 134 g/mol. The molecule has 9 heavy (non-hydrogen) atoms. The summed E-state index contributed by atoms with van der Waals surface area (Å²) in [6.07, 6.45) is 1.62. The third-order valence-corrected chi connectivity index (χ3v) is 2.14. The molecule has 1 rings (SSSR count). The summed E-state index contributed by atoms with van der Waals surface area (Å²) in [6, 6.07) is 0. The summed E-state index contributed by atoms with van der Waals surface area (Å²) in [6.45, 7) is 4.19. The van der Waals surface area contributed by atoms with Crippen molar-refractivity contribution in [2.24, 2.45) is 0 Å². The molecule has 0 unspecified atom stereocenters. The Bertz CT molecular complexity index is 194. The van der Waals surface area contributed by atoms with Crippen molar-refractivity contribution in [2.75, 3.05) is 5.84 Å². The van der Waals surface area contributed by atoms with Crippen LogP contribution in [0.5, 0.6) is 0 Å². The quantitative estimate of drug-likeness (QED) is 0.454. The second-order valence-corrected chi connectivity index (χ2v) is 3.02. The number of nitrogens with two attached hydrogens (primary N) is 1. The van der Waals surface area contributed by atoms with Gasteiger partial charge >= 0.3 is 6.33 Å². The van der Waals surface area contributed by atoms with Gasteiger partial charge in [-0.3, -0.25) is 5.84 Å². The van der Waals surface area contributed by atoms with Crippen molar-refractivity contribution >= 4 is 11.5 Å². The van der Waals surface area contributed by atoms with Crippen molar-refractivity contribution in [2.45, 2.75) is 19.8 Å². The van der Waals surface area contributed by atoms with Gasteiger partial charge in [-0.25, -0.2) is 0 Å². The zero-order valence-corrected chi connectivity index (χ0v) is 6.35. The van der Waals surface area contributed by atoms with E-state index in [0.29, 0.717) is 5.92 Å². The van der Waals surface area contributed by atoms with E-state index < -0.39 is 0 Å². The SMILES string of the molecule is CC(C)c1snc[n+]1N. The lowest BCUT2D eigenvalue weighted by molar-refractivity contribution is -0.644. The zero-order valence-electron chi connectivity index (χ0n) is 5.53. The number of nitrogens with zero attached hydrogens (tertiary/aromatic N) is 2. The highest BCUT2D eigenvalue weighted by molar-refractivity contribution is 7.05. The highest BCUT2D eigenvalue weighted by Gasteiger charge is 2.12. The van der Waals surface area contributed by atoms with E-state index in [4.69, 9.17) is 5.84 Å². The molecule has 0 aromatic carbocycles. The number of hydrogen-bond donors (Lipinski definition) is 1. The van der Waals surface area contributed by atoms with Gasteiger partial charge in [0.25, 0.3) is 0 Å². The molecular formula is C5H10N3S+. The van der Waals surface area contributed by atoms with Gasteiger partial charge in [-0.15, -0.1) is 4.68 Å². The molecule has 0 atom stereocenters. The summed E-state index contributed by atoms with van der Waals surface area (Å²) in [5, 5.41) is 1.11. The number of aromatic nitrogens is 2. The van der Waals surface area contributed by atoms with E-state index in [9.17, 15) is 0 Å². The van der Waals surface area contributed by atoms with Crippen LogP contribution in [0, 0.1) is 0 Å². The molecule has 50 valence electrons. The molecule has 0 spiro atoms. The number of nitrogen functional groups attached to an aromatic ring is 1. The van der Waals surface area contributed by atoms with E-state index >= 15 is 0 Å². The summed E-state index contributed by atoms with van der Waals surface area (Å²) in [5.74, 6) is 5.98.